The summed E-state index contributed by atoms with van der Waals surface area (Å²) >= 11 is 1.18. The molecule has 1 aliphatic rings. The number of aryl methyl sites for hydroxylation is 1. The molecule has 1 aliphatic carbocycles. The summed E-state index contributed by atoms with van der Waals surface area (Å²) < 4.78 is 11.0. The number of aliphatic carboxylic acids is 1. The Hall–Kier alpha value is -4.51. The van der Waals surface area contributed by atoms with E-state index in [9.17, 15) is 19.5 Å². The molecule has 0 aliphatic heterocycles. The zero-order chi connectivity index (χ0) is 26.9. The molecule has 1 atom stereocenters. The van der Waals surface area contributed by atoms with Gasteiger partial charge in [0.1, 0.15) is 33.6 Å². The van der Waals surface area contributed by atoms with Gasteiger partial charge in [0, 0.05) is 16.6 Å². The lowest BCUT2D eigenvalue weighted by Gasteiger charge is -2.14. The third-order valence-corrected chi connectivity index (χ3v) is 7.40. The third-order valence-electron chi connectivity index (χ3n) is 6.35. The summed E-state index contributed by atoms with van der Waals surface area (Å²) in [7, 11) is 0. The van der Waals surface area contributed by atoms with E-state index in [4.69, 9.17) is 9.26 Å². The number of rotatable bonds is 8. The minimum absolute atomic E-state index is 0.169. The first-order valence-corrected chi connectivity index (χ1v) is 12.7. The average Bonchev–Trinajstić information content (AvgIpc) is 3.44. The van der Waals surface area contributed by atoms with Gasteiger partial charge < -0.3 is 19.7 Å². The number of benzene rings is 2. The van der Waals surface area contributed by atoms with Gasteiger partial charge >= 0.3 is 12.1 Å². The minimum Gasteiger partial charge on any atom is -0.481 e. The summed E-state index contributed by atoms with van der Waals surface area (Å²) in [4.78, 5) is 41.0. The summed E-state index contributed by atoms with van der Waals surface area (Å²) in [5.74, 6) is -1.00. The van der Waals surface area contributed by atoms with Crippen LogP contribution in [0.2, 0.25) is 0 Å². The van der Waals surface area contributed by atoms with Crippen LogP contribution in [0.5, 0.6) is 0 Å². The van der Waals surface area contributed by atoms with Crippen LogP contribution in [0.15, 0.2) is 64.5 Å². The van der Waals surface area contributed by atoms with Gasteiger partial charge in [0.05, 0.1) is 0 Å². The van der Waals surface area contributed by atoms with Crippen LogP contribution in [0, 0.1) is 6.92 Å². The van der Waals surface area contributed by atoms with Crippen molar-refractivity contribution in [3.05, 3.63) is 81.9 Å². The van der Waals surface area contributed by atoms with E-state index >= 15 is 0 Å². The van der Waals surface area contributed by atoms with Crippen LogP contribution in [0.4, 0.5) is 16.2 Å². The highest BCUT2D eigenvalue weighted by Crippen LogP contribution is 2.49. The van der Waals surface area contributed by atoms with Gasteiger partial charge in [-0.25, -0.2) is 9.78 Å². The van der Waals surface area contributed by atoms with Gasteiger partial charge in [0.2, 0.25) is 0 Å². The molecule has 2 amide bonds. The number of aromatic nitrogens is 2. The molecule has 0 bridgehead atoms. The lowest BCUT2D eigenvalue weighted by Crippen LogP contribution is -2.20. The molecule has 11 heteroatoms. The van der Waals surface area contributed by atoms with Crippen LogP contribution < -0.4 is 10.6 Å². The van der Waals surface area contributed by atoms with Crippen molar-refractivity contribution in [2.24, 2.45) is 0 Å². The molecule has 0 saturated heterocycles. The highest BCUT2D eigenvalue weighted by atomic mass is 32.1. The van der Waals surface area contributed by atoms with E-state index in [1.807, 2.05) is 30.3 Å². The quantitative estimate of drug-likeness (QED) is 0.259. The lowest BCUT2D eigenvalue weighted by molar-refractivity contribution is -0.140. The Morgan fingerprint density at radius 3 is 2.45 bits per heavy atom. The van der Waals surface area contributed by atoms with Crippen molar-refractivity contribution >= 4 is 40.7 Å². The number of ether oxygens (including phenoxy) is 1. The molecule has 194 valence electrons. The number of nitrogens with one attached hydrogen (secondary N) is 2. The van der Waals surface area contributed by atoms with E-state index < -0.39 is 29.5 Å². The summed E-state index contributed by atoms with van der Waals surface area (Å²) in [6.45, 7) is 3.49. The molecular weight excluding hydrogens is 508 g/mol. The smallest absolute Gasteiger partial charge is 0.412 e. The number of anilines is 2. The van der Waals surface area contributed by atoms with Gasteiger partial charge in [-0.3, -0.25) is 14.9 Å². The predicted octanol–water partition coefficient (Wildman–Crippen LogP) is 5.78. The highest BCUT2D eigenvalue weighted by molar-refractivity contribution is 7.10. The fourth-order valence-corrected chi connectivity index (χ4v) is 4.99. The Kier molecular flexibility index (Phi) is 6.68. The lowest BCUT2D eigenvalue weighted by atomic mass is 10.1. The normalized spacial score (nSPS) is 14.4. The zero-order valence-electron chi connectivity index (χ0n) is 20.6. The van der Waals surface area contributed by atoms with Gasteiger partial charge in [-0.15, -0.1) is 11.3 Å². The molecule has 2 aromatic carbocycles. The summed E-state index contributed by atoms with van der Waals surface area (Å²) in [5.41, 5.74) is 2.09. The minimum atomic E-state index is -0.947. The number of carbonyl (C=O) groups is 3. The van der Waals surface area contributed by atoms with Gasteiger partial charge in [-0.05, 0) is 56.5 Å². The molecule has 38 heavy (non-hydrogen) atoms. The Bertz CT molecular complexity index is 1490. The van der Waals surface area contributed by atoms with Crippen molar-refractivity contribution in [2.45, 2.75) is 38.2 Å². The number of nitrogens with zero attached hydrogens (tertiary/aromatic N) is 2. The maximum absolute atomic E-state index is 12.7. The molecule has 4 aromatic rings. The second kappa shape index (κ2) is 10.1. The predicted molar refractivity (Wildman–Crippen MR) is 140 cm³/mol. The topological polar surface area (TPSA) is 144 Å². The number of hydrogen-bond acceptors (Lipinski definition) is 8. The van der Waals surface area contributed by atoms with Crippen molar-refractivity contribution in [3.63, 3.8) is 0 Å². The number of thiazole rings is 1. The van der Waals surface area contributed by atoms with Crippen LogP contribution >= 0.6 is 11.3 Å². The van der Waals surface area contributed by atoms with E-state index in [-0.39, 0.29) is 5.69 Å². The van der Waals surface area contributed by atoms with Gasteiger partial charge in [0.25, 0.3) is 5.91 Å². The molecule has 5 rings (SSSR count). The monoisotopic (exact) mass is 532 g/mol. The molecule has 1 saturated carbocycles. The van der Waals surface area contributed by atoms with Gasteiger partial charge in [-0.1, -0.05) is 35.5 Å². The second-order valence-electron chi connectivity index (χ2n) is 9.01. The Labute approximate surface area is 221 Å². The van der Waals surface area contributed by atoms with Crippen LogP contribution in [0.25, 0.3) is 11.3 Å². The van der Waals surface area contributed by atoms with E-state index in [1.165, 1.54) is 11.3 Å². The number of carbonyl (C=O) groups excluding carboxylic acids is 2. The fraction of sp³-hybridized carbons (Fsp3) is 0.222. The summed E-state index contributed by atoms with van der Waals surface area (Å²) in [6.07, 6.45) is -0.0352. The van der Waals surface area contributed by atoms with E-state index in [2.05, 4.69) is 20.8 Å². The number of carboxylic acids is 1. The molecule has 2 aromatic heterocycles. The Morgan fingerprint density at radius 2 is 1.79 bits per heavy atom. The summed E-state index contributed by atoms with van der Waals surface area (Å²) in [5, 5.41) is 20.9. The molecule has 0 radical (unpaired) electrons. The van der Waals surface area contributed by atoms with Crippen LogP contribution in [0.1, 0.15) is 52.6 Å². The third kappa shape index (κ3) is 5.00. The molecule has 0 unspecified atom stereocenters. The number of amides is 2. The number of carboxylic acid groups (broad SMARTS) is 1. The van der Waals surface area contributed by atoms with E-state index in [0.717, 1.165) is 5.56 Å². The van der Waals surface area contributed by atoms with Crippen LogP contribution in [-0.4, -0.2) is 33.2 Å². The van der Waals surface area contributed by atoms with Gasteiger partial charge in [0.15, 0.2) is 5.76 Å². The maximum atomic E-state index is 12.7. The maximum Gasteiger partial charge on any atom is 0.412 e. The van der Waals surface area contributed by atoms with Crippen molar-refractivity contribution in [3.8, 4) is 11.3 Å². The fourth-order valence-electron chi connectivity index (χ4n) is 3.94. The summed E-state index contributed by atoms with van der Waals surface area (Å²) in [6, 6.07) is 16.2. The van der Waals surface area contributed by atoms with Crippen molar-refractivity contribution in [2.75, 3.05) is 10.6 Å². The molecule has 0 spiro atoms. The van der Waals surface area contributed by atoms with Crippen molar-refractivity contribution in [1.82, 2.24) is 10.1 Å². The highest BCUT2D eigenvalue weighted by Gasteiger charge is 2.54. The first-order valence-electron chi connectivity index (χ1n) is 11.9. The molecular formula is C27H24N4O6S. The first-order chi connectivity index (χ1) is 18.3. The SMILES string of the molecule is Cc1noc(-c2ccc(NC(=O)c3csc(C4(C(=O)O)CC4)n3)cc2)c1NC(=O)O[C@H](C)c1ccccc1. The standard InChI is InChI=1S/C27H24N4O6S/c1-15-21(30-26(35)36-16(2)17-6-4-3-5-7-17)22(37-31-15)18-8-10-19(11-9-18)28-23(32)20-14-38-24(29-20)27(12-13-27)25(33)34/h3-11,14,16H,12-13H2,1-2H3,(H,28,32)(H,30,35)(H,33,34)/t16-/m1/s1. The molecule has 10 nitrogen and oxygen atoms in total. The van der Waals surface area contributed by atoms with Crippen LogP contribution in [-0.2, 0) is 14.9 Å². The second-order valence-corrected chi connectivity index (χ2v) is 9.87. The van der Waals surface area contributed by atoms with Crippen molar-refractivity contribution in [1.29, 1.82) is 0 Å². The van der Waals surface area contributed by atoms with E-state index in [1.54, 1.807) is 43.5 Å². The van der Waals surface area contributed by atoms with Gasteiger partial charge in [-0.2, -0.15) is 0 Å². The average molecular weight is 533 g/mol. The Morgan fingerprint density at radius 1 is 1.08 bits per heavy atom. The molecule has 1 fully saturated rings. The largest absolute Gasteiger partial charge is 0.481 e. The zero-order valence-corrected chi connectivity index (χ0v) is 21.4. The molecule has 2 heterocycles. The number of hydrogen-bond donors (Lipinski definition) is 3. The first kappa shape index (κ1) is 25.2. The van der Waals surface area contributed by atoms with Crippen molar-refractivity contribution < 1.29 is 28.8 Å². The Balaban J connectivity index is 1.24. The molecule has 3 N–H and O–H groups in total. The van der Waals surface area contributed by atoms with E-state index in [0.29, 0.717) is 46.2 Å². The van der Waals surface area contributed by atoms with Crippen LogP contribution in [0.3, 0.4) is 0 Å².